The van der Waals surface area contributed by atoms with Crippen molar-refractivity contribution in [1.82, 2.24) is 10.6 Å². The van der Waals surface area contributed by atoms with E-state index in [4.69, 9.17) is 14.6 Å². The minimum absolute atomic E-state index is 0.0231. The second-order valence-electron chi connectivity index (χ2n) is 6.69. The molecule has 3 N–H and O–H groups in total. The summed E-state index contributed by atoms with van der Waals surface area (Å²) in [5.41, 5.74) is 0. The molecule has 2 amide bonds. The number of hydrogen-bond acceptors (Lipinski definition) is 6. The van der Waals surface area contributed by atoms with Gasteiger partial charge in [-0.3, -0.25) is 14.4 Å². The third-order valence-electron chi connectivity index (χ3n) is 3.99. The molecule has 2 atom stereocenters. The molecule has 166 valence electrons. The zero-order valence-corrected chi connectivity index (χ0v) is 17.5. The summed E-state index contributed by atoms with van der Waals surface area (Å²) in [7, 11) is 0. The van der Waals surface area contributed by atoms with Gasteiger partial charge in [0.25, 0.3) is 0 Å². The quantitative estimate of drug-likeness (QED) is 0.179. The van der Waals surface area contributed by atoms with Gasteiger partial charge < -0.3 is 25.2 Å². The van der Waals surface area contributed by atoms with Gasteiger partial charge >= 0.3 is 5.97 Å². The third-order valence-corrected chi connectivity index (χ3v) is 3.99. The van der Waals surface area contributed by atoms with E-state index in [1.807, 2.05) is 6.08 Å². The second kappa shape index (κ2) is 17.9. The molecule has 29 heavy (non-hydrogen) atoms. The summed E-state index contributed by atoms with van der Waals surface area (Å²) in [4.78, 5) is 36.1. The van der Waals surface area contributed by atoms with E-state index in [1.54, 1.807) is 13.0 Å². The highest BCUT2D eigenvalue weighted by molar-refractivity contribution is 5.85. The van der Waals surface area contributed by atoms with Gasteiger partial charge in [0, 0.05) is 19.4 Å². The van der Waals surface area contributed by atoms with Gasteiger partial charge in [0.05, 0.1) is 32.3 Å². The summed E-state index contributed by atoms with van der Waals surface area (Å²) in [6, 6.07) is 0. The largest absolute Gasteiger partial charge is 0.461 e. The van der Waals surface area contributed by atoms with E-state index in [0.717, 1.165) is 19.3 Å². The first-order valence-corrected chi connectivity index (χ1v) is 10.1. The maximum Gasteiger partial charge on any atom is 0.306 e. The summed E-state index contributed by atoms with van der Waals surface area (Å²) >= 11 is 0. The highest BCUT2D eigenvalue weighted by atomic mass is 16.5. The fraction of sp³-hybridized carbons (Fsp3) is 0.667. The molecular weight excluding hydrogens is 376 g/mol. The molecular formula is C21H36N2O6. The number of amides is 2. The zero-order chi connectivity index (χ0) is 21.9. The molecule has 0 aromatic heterocycles. The molecule has 0 saturated heterocycles. The van der Waals surface area contributed by atoms with Crippen LogP contribution in [0.3, 0.4) is 0 Å². The van der Waals surface area contributed by atoms with E-state index in [9.17, 15) is 14.4 Å². The first-order valence-electron chi connectivity index (χ1n) is 10.1. The lowest BCUT2D eigenvalue weighted by molar-refractivity contribution is -0.148. The maximum atomic E-state index is 12.4. The van der Waals surface area contributed by atoms with Gasteiger partial charge in [0.15, 0.2) is 0 Å². The number of esters is 1. The van der Waals surface area contributed by atoms with Crippen LogP contribution >= 0.6 is 0 Å². The van der Waals surface area contributed by atoms with Crippen molar-refractivity contribution in [2.24, 2.45) is 5.92 Å². The Bertz CT molecular complexity index is 509. The van der Waals surface area contributed by atoms with Crippen LogP contribution in [0, 0.1) is 5.92 Å². The molecule has 0 aliphatic carbocycles. The number of carbonyl (C=O) groups is 3. The minimum atomic E-state index is -0.548. The lowest BCUT2D eigenvalue weighted by Crippen LogP contribution is -2.39. The molecule has 0 aliphatic rings. The summed E-state index contributed by atoms with van der Waals surface area (Å²) in [5, 5.41) is 14.0. The first-order chi connectivity index (χ1) is 13.9. The Morgan fingerprint density at radius 1 is 1.10 bits per heavy atom. The zero-order valence-electron chi connectivity index (χ0n) is 17.5. The van der Waals surface area contributed by atoms with Crippen LogP contribution in [0.15, 0.2) is 25.3 Å². The number of nitrogens with one attached hydrogen (secondary N) is 2. The van der Waals surface area contributed by atoms with Crippen LogP contribution in [0.2, 0.25) is 0 Å². The number of aliphatic hydroxyl groups excluding tert-OH is 1. The first kappa shape index (κ1) is 26.8. The van der Waals surface area contributed by atoms with Gasteiger partial charge in [-0.05, 0) is 32.6 Å². The van der Waals surface area contributed by atoms with Crippen molar-refractivity contribution in [2.45, 2.75) is 51.6 Å². The predicted molar refractivity (Wildman–Crippen MR) is 111 cm³/mol. The van der Waals surface area contributed by atoms with Crippen molar-refractivity contribution in [2.75, 3.05) is 32.9 Å². The summed E-state index contributed by atoms with van der Waals surface area (Å²) in [5.74, 6) is -1.39. The Morgan fingerprint density at radius 3 is 2.52 bits per heavy atom. The second-order valence-corrected chi connectivity index (χ2v) is 6.69. The smallest absolute Gasteiger partial charge is 0.306 e. The van der Waals surface area contributed by atoms with Gasteiger partial charge in [-0.25, -0.2) is 0 Å². The van der Waals surface area contributed by atoms with Gasteiger partial charge in [-0.15, -0.1) is 13.2 Å². The number of hydrogen-bond donors (Lipinski definition) is 3. The highest BCUT2D eigenvalue weighted by Gasteiger charge is 2.21. The fourth-order valence-electron chi connectivity index (χ4n) is 2.48. The number of unbranched alkanes of at least 4 members (excludes halogenated alkanes) is 2. The van der Waals surface area contributed by atoms with Crippen LogP contribution in [0.4, 0.5) is 0 Å². The molecule has 0 spiro atoms. The Balaban J connectivity index is 4.21. The average molecular weight is 413 g/mol. The SMILES string of the molecule is C=CCCCCC(=O)O[C@@H](C)CNC(=O)[C@@H](CC=C)CC(=O)NCCOCCO. The van der Waals surface area contributed by atoms with Gasteiger partial charge in [-0.1, -0.05) is 12.2 Å². The molecule has 0 fully saturated rings. The van der Waals surface area contributed by atoms with Crippen LogP contribution in [0.1, 0.15) is 45.4 Å². The van der Waals surface area contributed by atoms with E-state index in [-0.39, 0.29) is 44.0 Å². The molecule has 0 unspecified atom stereocenters. The normalized spacial score (nSPS) is 12.5. The van der Waals surface area contributed by atoms with Crippen molar-refractivity contribution in [3.8, 4) is 0 Å². The van der Waals surface area contributed by atoms with Gasteiger partial charge in [-0.2, -0.15) is 0 Å². The monoisotopic (exact) mass is 412 g/mol. The van der Waals surface area contributed by atoms with Crippen LogP contribution in [-0.4, -0.2) is 61.9 Å². The molecule has 0 saturated carbocycles. The number of aliphatic hydroxyl groups is 1. The topological polar surface area (TPSA) is 114 Å². The molecule has 0 aromatic carbocycles. The molecule has 0 radical (unpaired) electrons. The summed E-state index contributed by atoms with van der Waals surface area (Å²) in [6.45, 7) is 9.91. The van der Waals surface area contributed by atoms with Crippen molar-refractivity contribution in [1.29, 1.82) is 0 Å². The minimum Gasteiger partial charge on any atom is -0.461 e. The predicted octanol–water partition coefficient (Wildman–Crippen LogP) is 1.49. The number of allylic oxidation sites excluding steroid dienone is 2. The van der Waals surface area contributed by atoms with Gasteiger partial charge in [0.2, 0.25) is 11.8 Å². The Hall–Kier alpha value is -2.19. The lowest BCUT2D eigenvalue weighted by atomic mass is 10.00. The molecule has 0 aromatic rings. The van der Waals surface area contributed by atoms with Crippen LogP contribution in [0.25, 0.3) is 0 Å². The Kier molecular flexibility index (Phi) is 16.5. The van der Waals surface area contributed by atoms with Crippen molar-refractivity contribution in [3.63, 3.8) is 0 Å². The Labute approximate surface area is 173 Å². The summed E-state index contributed by atoms with van der Waals surface area (Å²) in [6.07, 6.45) is 6.18. The molecule has 8 heteroatoms. The highest BCUT2D eigenvalue weighted by Crippen LogP contribution is 2.10. The van der Waals surface area contributed by atoms with E-state index in [2.05, 4.69) is 23.8 Å². The molecule has 8 nitrogen and oxygen atoms in total. The molecule has 0 bridgehead atoms. The summed E-state index contributed by atoms with van der Waals surface area (Å²) < 4.78 is 10.3. The maximum absolute atomic E-state index is 12.4. The lowest BCUT2D eigenvalue weighted by Gasteiger charge is -2.18. The number of carbonyl (C=O) groups excluding carboxylic acids is 3. The van der Waals surface area contributed by atoms with Crippen molar-refractivity contribution < 1.29 is 29.0 Å². The number of rotatable bonds is 18. The van der Waals surface area contributed by atoms with Crippen molar-refractivity contribution >= 4 is 17.8 Å². The number of ether oxygens (including phenoxy) is 2. The molecule has 0 rings (SSSR count). The van der Waals surface area contributed by atoms with E-state index >= 15 is 0 Å². The molecule has 0 heterocycles. The molecule has 0 aliphatic heterocycles. The van der Waals surface area contributed by atoms with E-state index in [0.29, 0.717) is 26.0 Å². The van der Waals surface area contributed by atoms with E-state index in [1.165, 1.54) is 0 Å². The van der Waals surface area contributed by atoms with Crippen LogP contribution in [-0.2, 0) is 23.9 Å². The average Bonchev–Trinajstić information content (AvgIpc) is 2.69. The van der Waals surface area contributed by atoms with Crippen LogP contribution < -0.4 is 10.6 Å². The fourth-order valence-corrected chi connectivity index (χ4v) is 2.48. The third kappa shape index (κ3) is 15.4. The van der Waals surface area contributed by atoms with Gasteiger partial charge in [0.1, 0.15) is 6.10 Å². The van der Waals surface area contributed by atoms with Crippen LogP contribution in [0.5, 0.6) is 0 Å². The standard InChI is InChI=1S/C21H36N2O6/c1-4-6-7-8-10-20(26)29-17(3)16-23-21(27)18(9-5-2)15-19(25)22-11-13-28-14-12-24/h4-5,17-18,24H,1-2,6-16H2,3H3,(H,22,25)(H,23,27)/t17-,18-/m0/s1. The van der Waals surface area contributed by atoms with E-state index < -0.39 is 12.0 Å². The Morgan fingerprint density at radius 2 is 1.86 bits per heavy atom. The van der Waals surface area contributed by atoms with Crippen molar-refractivity contribution in [3.05, 3.63) is 25.3 Å².